The first kappa shape index (κ1) is 16.6. The molecule has 0 aromatic heterocycles. The molecule has 0 aliphatic carbocycles. The summed E-state index contributed by atoms with van der Waals surface area (Å²) in [6.07, 6.45) is 1.02. The first-order chi connectivity index (χ1) is 9.03. The molecule has 0 saturated carbocycles. The summed E-state index contributed by atoms with van der Waals surface area (Å²) in [6, 6.07) is 3.86. The molecule has 8 heteroatoms. The van der Waals surface area contributed by atoms with Gasteiger partial charge in [0.25, 0.3) is 0 Å². The Kier molecular flexibility index (Phi) is 4.93. The highest BCUT2D eigenvalue weighted by Gasteiger charge is 2.18. The van der Waals surface area contributed by atoms with Gasteiger partial charge in [-0.25, -0.2) is 21.6 Å². The largest absolute Gasteiger partial charge is 0.478 e. The Hall–Kier alpha value is -1.41. The minimum atomic E-state index is -3.68. The van der Waals surface area contributed by atoms with Crippen molar-refractivity contribution in [2.75, 3.05) is 17.8 Å². The summed E-state index contributed by atoms with van der Waals surface area (Å²) in [6.45, 7) is 1.57. The average Bonchev–Trinajstić information content (AvgIpc) is 2.26. The Morgan fingerprint density at radius 2 is 1.75 bits per heavy atom. The van der Waals surface area contributed by atoms with Gasteiger partial charge in [-0.1, -0.05) is 6.07 Å². The molecule has 1 aromatic carbocycles. The molecule has 0 unspecified atom stereocenters. The van der Waals surface area contributed by atoms with Crippen LogP contribution in [0, 0.1) is 6.92 Å². The standard InChI is InChI=1S/C12H16O6S2/c1-9-4-5-10(8-11(9)12(13)14)20(17,18)7-3-6-19(2,15)16/h4-5,8H,3,6-7H2,1-2H3,(H,13,14). The number of aromatic carboxylic acids is 1. The minimum absolute atomic E-state index is 0.0164. The molecular formula is C12H16O6S2. The van der Waals surface area contributed by atoms with Crippen molar-refractivity contribution in [1.29, 1.82) is 0 Å². The van der Waals surface area contributed by atoms with E-state index in [2.05, 4.69) is 0 Å². The summed E-state index contributed by atoms with van der Waals surface area (Å²) in [5, 5.41) is 8.96. The van der Waals surface area contributed by atoms with Crippen LogP contribution in [0.1, 0.15) is 22.3 Å². The zero-order valence-corrected chi connectivity index (χ0v) is 12.8. The second kappa shape index (κ2) is 5.92. The zero-order valence-electron chi connectivity index (χ0n) is 11.2. The Morgan fingerprint density at radius 1 is 1.15 bits per heavy atom. The number of aryl methyl sites for hydroxylation is 1. The fraction of sp³-hybridized carbons (Fsp3) is 0.417. The lowest BCUT2D eigenvalue weighted by atomic mass is 10.1. The summed E-state index contributed by atoms with van der Waals surface area (Å²) < 4.78 is 46.0. The van der Waals surface area contributed by atoms with Gasteiger partial charge in [-0.05, 0) is 31.0 Å². The molecule has 6 nitrogen and oxygen atoms in total. The molecular weight excluding hydrogens is 304 g/mol. The Balaban J connectivity index is 2.99. The molecule has 1 rings (SSSR count). The Morgan fingerprint density at radius 3 is 2.25 bits per heavy atom. The van der Waals surface area contributed by atoms with E-state index in [0.29, 0.717) is 5.56 Å². The summed E-state index contributed by atoms with van der Waals surface area (Å²) in [5.74, 6) is -1.75. The van der Waals surface area contributed by atoms with Crippen molar-refractivity contribution in [1.82, 2.24) is 0 Å². The van der Waals surface area contributed by atoms with E-state index >= 15 is 0 Å². The normalized spacial score (nSPS) is 12.3. The van der Waals surface area contributed by atoms with Gasteiger partial charge in [0.05, 0.1) is 22.0 Å². The molecule has 0 radical (unpaired) electrons. The molecule has 1 aromatic rings. The van der Waals surface area contributed by atoms with E-state index < -0.39 is 25.6 Å². The van der Waals surface area contributed by atoms with Crippen LogP contribution in [0.4, 0.5) is 0 Å². The maximum atomic E-state index is 12.0. The molecule has 0 amide bonds. The van der Waals surface area contributed by atoms with Crippen molar-refractivity contribution in [3.63, 3.8) is 0 Å². The molecule has 20 heavy (non-hydrogen) atoms. The van der Waals surface area contributed by atoms with Gasteiger partial charge >= 0.3 is 5.97 Å². The topological polar surface area (TPSA) is 106 Å². The summed E-state index contributed by atoms with van der Waals surface area (Å²) in [7, 11) is -6.90. The van der Waals surface area contributed by atoms with E-state index in [9.17, 15) is 21.6 Å². The van der Waals surface area contributed by atoms with Crippen molar-refractivity contribution in [3.8, 4) is 0 Å². The van der Waals surface area contributed by atoms with Crippen LogP contribution in [0.25, 0.3) is 0 Å². The molecule has 0 spiro atoms. The van der Waals surface area contributed by atoms with Gasteiger partial charge in [-0.2, -0.15) is 0 Å². The van der Waals surface area contributed by atoms with Crippen molar-refractivity contribution in [2.24, 2.45) is 0 Å². The van der Waals surface area contributed by atoms with Crippen molar-refractivity contribution < 1.29 is 26.7 Å². The van der Waals surface area contributed by atoms with Crippen molar-refractivity contribution in [3.05, 3.63) is 29.3 Å². The number of carbonyl (C=O) groups is 1. The quantitative estimate of drug-likeness (QED) is 0.835. The number of rotatable bonds is 6. The summed E-state index contributed by atoms with van der Waals surface area (Å²) in [4.78, 5) is 10.9. The second-order valence-electron chi connectivity index (χ2n) is 4.58. The van der Waals surface area contributed by atoms with E-state index in [0.717, 1.165) is 12.3 Å². The molecule has 0 atom stereocenters. The van der Waals surface area contributed by atoms with Crippen LogP contribution in [0.3, 0.4) is 0 Å². The van der Waals surface area contributed by atoms with Gasteiger partial charge in [0.1, 0.15) is 9.84 Å². The van der Waals surface area contributed by atoms with Crippen LogP contribution < -0.4 is 0 Å². The van der Waals surface area contributed by atoms with Crippen LogP contribution in [-0.2, 0) is 19.7 Å². The maximum absolute atomic E-state index is 12.0. The molecule has 0 saturated heterocycles. The van der Waals surface area contributed by atoms with Crippen LogP contribution in [0.2, 0.25) is 0 Å². The van der Waals surface area contributed by atoms with Crippen molar-refractivity contribution in [2.45, 2.75) is 18.2 Å². The lowest BCUT2D eigenvalue weighted by Crippen LogP contribution is -2.13. The highest BCUT2D eigenvalue weighted by molar-refractivity contribution is 7.92. The lowest BCUT2D eigenvalue weighted by Gasteiger charge is -2.07. The fourth-order valence-electron chi connectivity index (χ4n) is 1.65. The summed E-state index contributed by atoms with van der Waals surface area (Å²) >= 11 is 0. The SMILES string of the molecule is Cc1ccc(S(=O)(=O)CCCS(C)(=O)=O)cc1C(=O)O. The minimum Gasteiger partial charge on any atom is -0.478 e. The number of benzene rings is 1. The number of carboxylic acids is 1. The highest BCUT2D eigenvalue weighted by atomic mass is 32.2. The lowest BCUT2D eigenvalue weighted by molar-refractivity contribution is 0.0696. The highest BCUT2D eigenvalue weighted by Crippen LogP contribution is 2.17. The van der Waals surface area contributed by atoms with Gasteiger partial charge in [-0.15, -0.1) is 0 Å². The summed E-state index contributed by atoms with van der Waals surface area (Å²) in [5.41, 5.74) is 0.391. The van der Waals surface area contributed by atoms with E-state index in [1.54, 1.807) is 6.92 Å². The van der Waals surface area contributed by atoms with E-state index in [1.807, 2.05) is 0 Å². The predicted molar refractivity (Wildman–Crippen MR) is 74.5 cm³/mol. The van der Waals surface area contributed by atoms with Gasteiger partial charge in [0.2, 0.25) is 0 Å². The molecule has 1 N–H and O–H groups in total. The molecule has 0 heterocycles. The van der Waals surface area contributed by atoms with E-state index in [4.69, 9.17) is 5.11 Å². The maximum Gasteiger partial charge on any atom is 0.335 e. The third-order valence-corrected chi connectivity index (χ3v) is 5.56. The third kappa shape index (κ3) is 4.61. The van der Waals surface area contributed by atoms with Gasteiger partial charge in [0, 0.05) is 6.26 Å². The van der Waals surface area contributed by atoms with Crippen LogP contribution in [0.5, 0.6) is 0 Å². The molecule has 0 aliphatic rings. The van der Waals surface area contributed by atoms with Crippen molar-refractivity contribution >= 4 is 25.6 Å². The first-order valence-corrected chi connectivity index (χ1v) is 9.48. The monoisotopic (exact) mass is 320 g/mol. The van der Waals surface area contributed by atoms with Crippen LogP contribution >= 0.6 is 0 Å². The van der Waals surface area contributed by atoms with Crippen LogP contribution in [-0.4, -0.2) is 45.7 Å². The molecule has 112 valence electrons. The number of hydrogen-bond acceptors (Lipinski definition) is 5. The first-order valence-electron chi connectivity index (χ1n) is 5.77. The second-order valence-corrected chi connectivity index (χ2v) is 8.95. The van der Waals surface area contributed by atoms with Gasteiger partial charge in [0.15, 0.2) is 9.84 Å². The Bertz CT molecular complexity index is 716. The van der Waals surface area contributed by atoms with Gasteiger partial charge in [-0.3, -0.25) is 0 Å². The predicted octanol–water partition coefficient (Wildman–Crippen LogP) is 0.902. The average molecular weight is 320 g/mol. The third-order valence-electron chi connectivity index (χ3n) is 2.73. The van der Waals surface area contributed by atoms with Crippen LogP contribution in [0.15, 0.2) is 23.1 Å². The number of carboxylic acid groups (broad SMARTS) is 1. The van der Waals surface area contributed by atoms with Gasteiger partial charge < -0.3 is 5.11 Å². The van der Waals surface area contributed by atoms with E-state index in [-0.39, 0.29) is 28.4 Å². The van der Waals surface area contributed by atoms with E-state index in [1.165, 1.54) is 12.1 Å². The molecule has 0 bridgehead atoms. The molecule has 0 fully saturated rings. The zero-order chi connectivity index (χ0) is 15.6. The number of hydrogen-bond donors (Lipinski definition) is 1. The molecule has 0 aliphatic heterocycles. The Labute approximate surface area is 118 Å². The number of sulfone groups is 2. The fourth-order valence-corrected chi connectivity index (χ4v) is 3.84. The smallest absolute Gasteiger partial charge is 0.335 e.